The van der Waals surface area contributed by atoms with Crippen LogP contribution < -0.4 is 0 Å². The van der Waals surface area contributed by atoms with Crippen molar-refractivity contribution in [3.05, 3.63) is 11.6 Å². The van der Waals surface area contributed by atoms with Gasteiger partial charge in [0.1, 0.15) is 0 Å². The van der Waals surface area contributed by atoms with Crippen LogP contribution in [0.15, 0.2) is 11.6 Å². The van der Waals surface area contributed by atoms with E-state index >= 15 is 0 Å². The average Bonchev–Trinajstić information content (AvgIpc) is 2.14. The molecule has 0 fully saturated rings. The molecule has 1 aliphatic rings. The molecule has 0 spiro atoms. The van der Waals surface area contributed by atoms with Gasteiger partial charge in [0.05, 0.1) is 6.26 Å². The molecule has 0 aromatic heterocycles. The SMILES string of the molecule is CS(=O)(=O)O.OCCCC1=CCCCC1. The van der Waals surface area contributed by atoms with Crippen LogP contribution >= 0.6 is 0 Å². The summed E-state index contributed by atoms with van der Waals surface area (Å²) in [5.74, 6) is 0. The van der Waals surface area contributed by atoms with Crippen molar-refractivity contribution < 1.29 is 18.1 Å². The molecule has 1 aliphatic carbocycles. The standard InChI is InChI=1S/C9H16O.CH4O3S/c10-8-4-7-9-5-2-1-3-6-9;1-5(2,3)4/h5,10H,1-4,6-8H2;1H3,(H,2,3,4). The molecule has 0 aromatic rings. The fourth-order valence-corrected chi connectivity index (χ4v) is 1.44. The third-order valence-corrected chi connectivity index (χ3v) is 2.04. The molecule has 0 saturated carbocycles. The van der Waals surface area contributed by atoms with Crippen LogP contribution in [0.1, 0.15) is 38.5 Å². The van der Waals surface area contributed by atoms with E-state index in [0.29, 0.717) is 12.9 Å². The Morgan fingerprint density at radius 1 is 1.40 bits per heavy atom. The van der Waals surface area contributed by atoms with Crippen molar-refractivity contribution in [3.63, 3.8) is 0 Å². The minimum Gasteiger partial charge on any atom is -0.396 e. The van der Waals surface area contributed by atoms with Gasteiger partial charge in [-0.3, -0.25) is 4.55 Å². The predicted molar refractivity (Wildman–Crippen MR) is 60.3 cm³/mol. The van der Waals surface area contributed by atoms with Crippen molar-refractivity contribution in [2.45, 2.75) is 38.5 Å². The molecule has 15 heavy (non-hydrogen) atoms. The van der Waals surface area contributed by atoms with E-state index in [1.54, 1.807) is 5.57 Å². The Balaban J connectivity index is 0.000000336. The molecule has 0 bridgehead atoms. The highest BCUT2D eigenvalue weighted by molar-refractivity contribution is 7.85. The normalized spacial score (nSPS) is 16.3. The van der Waals surface area contributed by atoms with Gasteiger partial charge in [0.25, 0.3) is 10.1 Å². The van der Waals surface area contributed by atoms with Gasteiger partial charge in [-0.1, -0.05) is 11.6 Å². The first kappa shape index (κ1) is 14.6. The molecule has 0 saturated heterocycles. The summed E-state index contributed by atoms with van der Waals surface area (Å²) in [6.45, 7) is 0.345. The number of aliphatic hydroxyl groups excluding tert-OH is 1. The molecule has 2 N–H and O–H groups in total. The van der Waals surface area contributed by atoms with E-state index in [1.807, 2.05) is 0 Å². The van der Waals surface area contributed by atoms with Gasteiger partial charge in [-0.2, -0.15) is 8.42 Å². The van der Waals surface area contributed by atoms with Gasteiger partial charge in [0, 0.05) is 6.61 Å². The maximum Gasteiger partial charge on any atom is 0.261 e. The van der Waals surface area contributed by atoms with Crippen molar-refractivity contribution in [1.82, 2.24) is 0 Å². The summed E-state index contributed by atoms with van der Waals surface area (Å²) < 4.78 is 25.9. The number of hydrogen-bond acceptors (Lipinski definition) is 3. The Bertz CT molecular complexity index is 272. The highest BCUT2D eigenvalue weighted by Gasteiger charge is 2.01. The maximum absolute atomic E-state index is 9.19. The van der Waals surface area contributed by atoms with Crippen molar-refractivity contribution in [2.24, 2.45) is 0 Å². The monoisotopic (exact) mass is 236 g/mol. The van der Waals surface area contributed by atoms with Crippen LogP contribution in [0.2, 0.25) is 0 Å². The Labute approximate surface area is 91.8 Å². The van der Waals surface area contributed by atoms with Gasteiger partial charge in [-0.25, -0.2) is 0 Å². The summed E-state index contributed by atoms with van der Waals surface area (Å²) in [6, 6.07) is 0. The molecule has 90 valence electrons. The van der Waals surface area contributed by atoms with Gasteiger partial charge in [0.2, 0.25) is 0 Å². The number of allylic oxidation sites excluding steroid dienone is 2. The van der Waals surface area contributed by atoms with Crippen LogP contribution in [0.3, 0.4) is 0 Å². The van der Waals surface area contributed by atoms with E-state index in [2.05, 4.69) is 6.08 Å². The first-order valence-electron chi connectivity index (χ1n) is 5.14. The molecule has 0 radical (unpaired) electrons. The summed E-state index contributed by atoms with van der Waals surface area (Å²) in [4.78, 5) is 0. The van der Waals surface area contributed by atoms with Crippen LogP contribution in [0.4, 0.5) is 0 Å². The van der Waals surface area contributed by atoms with Gasteiger partial charge in [-0.05, 0) is 38.5 Å². The topological polar surface area (TPSA) is 74.6 Å². The van der Waals surface area contributed by atoms with Crippen molar-refractivity contribution in [2.75, 3.05) is 12.9 Å². The second-order valence-electron chi connectivity index (χ2n) is 3.67. The van der Waals surface area contributed by atoms with Crippen LogP contribution in [-0.4, -0.2) is 30.9 Å². The number of hydrogen-bond donors (Lipinski definition) is 2. The van der Waals surface area contributed by atoms with Crippen LogP contribution in [0, 0.1) is 0 Å². The van der Waals surface area contributed by atoms with Crippen molar-refractivity contribution >= 4 is 10.1 Å². The zero-order valence-electron chi connectivity index (χ0n) is 9.15. The Morgan fingerprint density at radius 3 is 2.40 bits per heavy atom. The summed E-state index contributed by atoms with van der Waals surface area (Å²) in [5, 5.41) is 8.57. The van der Waals surface area contributed by atoms with E-state index in [1.165, 1.54) is 25.7 Å². The minimum absolute atomic E-state index is 0.345. The second kappa shape index (κ2) is 7.84. The van der Waals surface area contributed by atoms with E-state index in [4.69, 9.17) is 9.66 Å². The number of aliphatic hydroxyl groups is 1. The average molecular weight is 236 g/mol. The van der Waals surface area contributed by atoms with E-state index in [-0.39, 0.29) is 0 Å². The molecule has 0 heterocycles. The predicted octanol–water partition coefficient (Wildman–Crippen LogP) is 1.76. The fraction of sp³-hybridized carbons (Fsp3) is 0.800. The minimum atomic E-state index is -3.67. The summed E-state index contributed by atoms with van der Waals surface area (Å²) in [6.07, 6.45) is 10.4. The molecule has 0 amide bonds. The maximum atomic E-state index is 9.19. The lowest BCUT2D eigenvalue weighted by atomic mass is 9.96. The zero-order chi connectivity index (χ0) is 11.7. The molecule has 0 aromatic carbocycles. The highest BCUT2D eigenvalue weighted by Crippen LogP contribution is 2.20. The Kier molecular flexibility index (Phi) is 7.64. The lowest BCUT2D eigenvalue weighted by molar-refractivity contribution is 0.287. The van der Waals surface area contributed by atoms with Gasteiger partial charge < -0.3 is 5.11 Å². The molecular weight excluding hydrogens is 216 g/mol. The van der Waals surface area contributed by atoms with Crippen molar-refractivity contribution in [3.8, 4) is 0 Å². The molecular formula is C10H20O4S. The molecule has 5 heteroatoms. The first-order chi connectivity index (χ1) is 6.93. The molecule has 0 aliphatic heterocycles. The third-order valence-electron chi connectivity index (χ3n) is 2.04. The quantitative estimate of drug-likeness (QED) is 0.578. The van der Waals surface area contributed by atoms with Gasteiger partial charge in [0.15, 0.2) is 0 Å². The van der Waals surface area contributed by atoms with E-state index < -0.39 is 10.1 Å². The lowest BCUT2D eigenvalue weighted by Gasteiger charge is -2.11. The lowest BCUT2D eigenvalue weighted by Crippen LogP contribution is -1.93. The molecule has 1 rings (SSSR count). The number of rotatable bonds is 3. The first-order valence-corrected chi connectivity index (χ1v) is 6.99. The Hall–Kier alpha value is -0.390. The molecule has 0 unspecified atom stereocenters. The van der Waals surface area contributed by atoms with E-state index in [0.717, 1.165) is 12.8 Å². The smallest absolute Gasteiger partial charge is 0.261 e. The summed E-state index contributed by atoms with van der Waals surface area (Å²) >= 11 is 0. The fourth-order valence-electron chi connectivity index (χ4n) is 1.44. The van der Waals surface area contributed by atoms with Crippen LogP contribution in [0.25, 0.3) is 0 Å². The second-order valence-corrected chi connectivity index (χ2v) is 5.13. The summed E-state index contributed by atoms with van der Waals surface area (Å²) in [7, 11) is -3.67. The van der Waals surface area contributed by atoms with Crippen LogP contribution in [-0.2, 0) is 10.1 Å². The van der Waals surface area contributed by atoms with Gasteiger partial charge >= 0.3 is 0 Å². The van der Waals surface area contributed by atoms with Crippen LogP contribution in [0.5, 0.6) is 0 Å². The zero-order valence-corrected chi connectivity index (χ0v) is 9.96. The third kappa shape index (κ3) is 13.6. The largest absolute Gasteiger partial charge is 0.396 e. The van der Waals surface area contributed by atoms with E-state index in [9.17, 15) is 8.42 Å². The molecule has 4 nitrogen and oxygen atoms in total. The Morgan fingerprint density at radius 2 is 2.00 bits per heavy atom. The highest BCUT2D eigenvalue weighted by atomic mass is 32.2. The van der Waals surface area contributed by atoms with Gasteiger partial charge in [-0.15, -0.1) is 0 Å². The van der Waals surface area contributed by atoms with Crippen molar-refractivity contribution in [1.29, 1.82) is 0 Å². The molecule has 0 atom stereocenters. The summed E-state index contributed by atoms with van der Waals surface area (Å²) in [5.41, 5.74) is 1.57.